The van der Waals surface area contributed by atoms with E-state index in [9.17, 15) is 4.79 Å². The second-order valence-electron chi connectivity index (χ2n) is 8.88. The molecule has 1 aliphatic heterocycles. The van der Waals surface area contributed by atoms with Crippen molar-refractivity contribution in [2.24, 2.45) is 29.6 Å². The fraction of sp³-hybridized carbons (Fsp3) is 0.950. The fourth-order valence-electron chi connectivity index (χ4n) is 6.31. The molecule has 4 saturated carbocycles. The van der Waals surface area contributed by atoms with Gasteiger partial charge in [-0.25, -0.2) is 0 Å². The van der Waals surface area contributed by atoms with Gasteiger partial charge in [0.25, 0.3) is 0 Å². The molecule has 4 heteroatoms. The summed E-state index contributed by atoms with van der Waals surface area (Å²) >= 11 is 0. The molecule has 0 spiro atoms. The number of nitrogens with one attached hydrogen (secondary N) is 1. The van der Waals surface area contributed by atoms with Crippen LogP contribution in [0.25, 0.3) is 0 Å². The second-order valence-corrected chi connectivity index (χ2v) is 8.88. The third-order valence-electron chi connectivity index (χ3n) is 7.39. The van der Waals surface area contributed by atoms with E-state index >= 15 is 0 Å². The Balaban J connectivity index is 1.17. The van der Waals surface area contributed by atoms with Crippen LogP contribution in [0, 0.1) is 29.6 Å². The highest BCUT2D eigenvalue weighted by molar-refractivity contribution is 5.79. The molecule has 1 heterocycles. The van der Waals surface area contributed by atoms with E-state index in [4.69, 9.17) is 0 Å². The van der Waals surface area contributed by atoms with E-state index in [0.717, 1.165) is 31.3 Å². The average molecular weight is 334 g/mol. The molecule has 1 N–H and O–H groups in total. The first-order chi connectivity index (χ1) is 11.7. The summed E-state index contributed by atoms with van der Waals surface area (Å²) in [6.07, 6.45) is 7.93. The molecule has 4 aliphatic carbocycles. The summed E-state index contributed by atoms with van der Waals surface area (Å²) in [5.74, 6) is 4.08. The predicted molar refractivity (Wildman–Crippen MR) is 96.7 cm³/mol. The summed E-state index contributed by atoms with van der Waals surface area (Å²) in [5, 5.41) is 3.29. The van der Waals surface area contributed by atoms with Crippen molar-refractivity contribution in [3.63, 3.8) is 0 Å². The molecule has 0 aromatic rings. The van der Waals surface area contributed by atoms with E-state index in [1.54, 1.807) is 0 Å². The molecule has 0 unspecified atom stereocenters. The van der Waals surface area contributed by atoms with Gasteiger partial charge in [0.05, 0.1) is 0 Å². The van der Waals surface area contributed by atoms with E-state index in [1.807, 2.05) is 0 Å². The standard InChI is InChI=1S/C20H35N3O/c1-2-22-6-8-23(9-7-22)5-3-4-21-20(24)19-17-11-15-10-16(13-17)14-18(19)12-15/h15-19H,2-14H2,1H3,(H,21,24). The van der Waals surface area contributed by atoms with Gasteiger partial charge in [-0.2, -0.15) is 0 Å². The Bertz CT molecular complexity index is 416. The van der Waals surface area contributed by atoms with E-state index in [1.165, 1.54) is 64.8 Å². The highest BCUT2D eigenvalue weighted by atomic mass is 16.1. The molecule has 136 valence electrons. The molecule has 1 amide bonds. The molecule has 5 aliphatic rings. The molecule has 5 rings (SSSR count). The van der Waals surface area contributed by atoms with Gasteiger partial charge in [-0.1, -0.05) is 6.92 Å². The zero-order valence-corrected chi connectivity index (χ0v) is 15.4. The van der Waals surface area contributed by atoms with Gasteiger partial charge in [0.15, 0.2) is 0 Å². The van der Waals surface area contributed by atoms with Crippen molar-refractivity contribution >= 4 is 5.91 Å². The molecule has 0 aromatic carbocycles. The number of nitrogens with zero attached hydrogens (tertiary/aromatic N) is 2. The number of piperazine rings is 1. The van der Waals surface area contributed by atoms with Crippen LogP contribution in [0.3, 0.4) is 0 Å². The van der Waals surface area contributed by atoms with Gasteiger partial charge >= 0.3 is 0 Å². The van der Waals surface area contributed by atoms with Crippen LogP contribution < -0.4 is 5.32 Å². The maximum atomic E-state index is 12.7. The van der Waals surface area contributed by atoms with Gasteiger partial charge in [0.2, 0.25) is 5.91 Å². The van der Waals surface area contributed by atoms with Crippen LogP contribution in [0.5, 0.6) is 0 Å². The Kier molecular flexibility index (Phi) is 5.14. The number of rotatable bonds is 6. The van der Waals surface area contributed by atoms with Crippen molar-refractivity contribution < 1.29 is 4.79 Å². The zero-order valence-electron chi connectivity index (χ0n) is 15.4. The van der Waals surface area contributed by atoms with Gasteiger partial charge < -0.3 is 15.1 Å². The summed E-state index contributed by atoms with van der Waals surface area (Å²) in [4.78, 5) is 17.8. The Hall–Kier alpha value is -0.610. The molecular formula is C20H35N3O. The third kappa shape index (κ3) is 3.50. The Labute approximate surface area is 147 Å². The molecule has 0 aromatic heterocycles. The van der Waals surface area contributed by atoms with Crippen LogP contribution in [0.4, 0.5) is 0 Å². The van der Waals surface area contributed by atoms with Gasteiger partial charge in [-0.3, -0.25) is 4.79 Å². The summed E-state index contributed by atoms with van der Waals surface area (Å²) in [7, 11) is 0. The molecule has 0 atom stereocenters. The quantitative estimate of drug-likeness (QED) is 0.757. The Morgan fingerprint density at radius 1 is 0.917 bits per heavy atom. The van der Waals surface area contributed by atoms with Crippen molar-refractivity contribution in [3.8, 4) is 0 Å². The van der Waals surface area contributed by atoms with Crippen LogP contribution in [-0.2, 0) is 4.79 Å². The lowest BCUT2D eigenvalue weighted by Gasteiger charge is -2.53. The van der Waals surface area contributed by atoms with Gasteiger partial charge in [0.1, 0.15) is 0 Å². The minimum absolute atomic E-state index is 0.353. The summed E-state index contributed by atoms with van der Waals surface area (Å²) in [6.45, 7) is 10.2. The number of hydrogen-bond donors (Lipinski definition) is 1. The SMILES string of the molecule is CCN1CCN(CCCNC(=O)C2C3CC4CC(C3)CC2C4)CC1. The second kappa shape index (κ2) is 7.33. The lowest BCUT2D eigenvalue weighted by atomic mass is 9.51. The maximum Gasteiger partial charge on any atom is 0.223 e. The van der Waals surface area contributed by atoms with Gasteiger partial charge in [-0.05, 0) is 75.3 Å². The minimum atomic E-state index is 0.353. The lowest BCUT2D eigenvalue weighted by Crippen LogP contribution is -2.51. The van der Waals surface area contributed by atoms with Gasteiger partial charge in [0, 0.05) is 38.6 Å². The highest BCUT2D eigenvalue weighted by Crippen LogP contribution is 2.56. The number of carbonyl (C=O) groups is 1. The molecule has 24 heavy (non-hydrogen) atoms. The summed E-state index contributed by atoms with van der Waals surface area (Å²) in [6, 6.07) is 0. The van der Waals surface area contributed by atoms with Crippen LogP contribution in [0.1, 0.15) is 45.4 Å². The lowest BCUT2D eigenvalue weighted by molar-refractivity contribution is -0.138. The number of amides is 1. The first kappa shape index (κ1) is 16.8. The maximum absolute atomic E-state index is 12.7. The molecule has 4 bridgehead atoms. The van der Waals surface area contributed by atoms with Gasteiger partial charge in [-0.15, -0.1) is 0 Å². The predicted octanol–water partition coefficient (Wildman–Crippen LogP) is 2.20. The minimum Gasteiger partial charge on any atom is -0.356 e. The number of carbonyl (C=O) groups excluding carboxylic acids is 1. The summed E-state index contributed by atoms with van der Waals surface area (Å²) in [5.41, 5.74) is 0. The molecule has 0 radical (unpaired) electrons. The van der Waals surface area contributed by atoms with Crippen molar-refractivity contribution in [2.45, 2.75) is 45.4 Å². The zero-order chi connectivity index (χ0) is 16.5. The number of hydrogen-bond acceptors (Lipinski definition) is 3. The smallest absolute Gasteiger partial charge is 0.223 e. The molecule has 4 nitrogen and oxygen atoms in total. The average Bonchev–Trinajstić information content (AvgIpc) is 2.58. The van der Waals surface area contributed by atoms with Crippen molar-refractivity contribution in [2.75, 3.05) is 45.8 Å². The summed E-state index contributed by atoms with van der Waals surface area (Å²) < 4.78 is 0. The normalized spacial score (nSPS) is 39.3. The molecular weight excluding hydrogens is 298 g/mol. The van der Waals surface area contributed by atoms with Crippen LogP contribution >= 0.6 is 0 Å². The first-order valence-corrected chi connectivity index (χ1v) is 10.4. The Morgan fingerprint density at radius 2 is 1.50 bits per heavy atom. The van der Waals surface area contributed by atoms with Crippen molar-refractivity contribution in [1.29, 1.82) is 0 Å². The van der Waals surface area contributed by atoms with Crippen LogP contribution in [0.15, 0.2) is 0 Å². The largest absolute Gasteiger partial charge is 0.356 e. The Morgan fingerprint density at radius 3 is 2.08 bits per heavy atom. The monoisotopic (exact) mass is 333 g/mol. The third-order valence-corrected chi connectivity index (χ3v) is 7.39. The van der Waals surface area contributed by atoms with Crippen molar-refractivity contribution in [3.05, 3.63) is 0 Å². The van der Waals surface area contributed by atoms with E-state index in [2.05, 4.69) is 22.0 Å². The topological polar surface area (TPSA) is 35.6 Å². The van der Waals surface area contributed by atoms with E-state index in [-0.39, 0.29) is 0 Å². The van der Waals surface area contributed by atoms with Crippen LogP contribution in [-0.4, -0.2) is 61.5 Å². The van der Waals surface area contributed by atoms with E-state index in [0.29, 0.717) is 23.7 Å². The number of likely N-dealkylation sites (N-methyl/N-ethyl adjacent to an activating group) is 1. The first-order valence-electron chi connectivity index (χ1n) is 10.4. The fourth-order valence-corrected chi connectivity index (χ4v) is 6.31. The van der Waals surface area contributed by atoms with E-state index < -0.39 is 0 Å². The highest BCUT2D eigenvalue weighted by Gasteiger charge is 2.50. The molecule has 5 fully saturated rings. The van der Waals surface area contributed by atoms with Crippen molar-refractivity contribution in [1.82, 2.24) is 15.1 Å². The molecule has 1 saturated heterocycles. The van der Waals surface area contributed by atoms with Crippen LogP contribution in [0.2, 0.25) is 0 Å².